The summed E-state index contributed by atoms with van der Waals surface area (Å²) >= 11 is 3.33. The summed E-state index contributed by atoms with van der Waals surface area (Å²) in [6, 6.07) is 9.69. The van der Waals surface area contributed by atoms with E-state index in [1.165, 1.54) is 27.9 Å². The van der Waals surface area contributed by atoms with Gasteiger partial charge >= 0.3 is 0 Å². The maximum Gasteiger partial charge on any atom is 0.271 e. The van der Waals surface area contributed by atoms with Crippen LogP contribution in [-0.2, 0) is 17.8 Å². The number of carbonyl (C=O) groups excluding carboxylic acids is 1. The van der Waals surface area contributed by atoms with Crippen molar-refractivity contribution in [3.63, 3.8) is 0 Å². The molecule has 0 saturated carbocycles. The molecule has 9 heteroatoms. The number of anilines is 1. The molecule has 0 N–H and O–H groups in total. The molecule has 4 rings (SSSR count). The molecule has 0 fully saturated rings. The summed E-state index contributed by atoms with van der Waals surface area (Å²) in [6.07, 6.45) is 1.97. The molecule has 1 amide bonds. The number of benzene rings is 2. The van der Waals surface area contributed by atoms with Gasteiger partial charge in [0.2, 0.25) is 5.91 Å². The Morgan fingerprint density at radius 2 is 2.07 bits per heavy atom. The van der Waals surface area contributed by atoms with Gasteiger partial charge in [-0.2, -0.15) is 0 Å². The van der Waals surface area contributed by atoms with Crippen LogP contribution in [0.25, 0.3) is 10.9 Å². The van der Waals surface area contributed by atoms with Crippen LogP contribution in [0.15, 0.2) is 52.0 Å². The number of halogens is 1. The first-order chi connectivity index (χ1) is 12.9. The van der Waals surface area contributed by atoms with Crippen LogP contribution < -0.4 is 10.5 Å². The average Bonchev–Trinajstić information content (AvgIpc) is 3.07. The summed E-state index contributed by atoms with van der Waals surface area (Å²) in [5.74, 6) is -0.313. The van der Waals surface area contributed by atoms with Gasteiger partial charge in [-0.3, -0.25) is 24.3 Å². The fourth-order valence-corrected chi connectivity index (χ4v) is 3.58. The van der Waals surface area contributed by atoms with Gasteiger partial charge < -0.3 is 4.90 Å². The predicted octanol–water partition coefficient (Wildman–Crippen LogP) is 2.66. The van der Waals surface area contributed by atoms with Gasteiger partial charge in [-0.15, -0.1) is 0 Å². The van der Waals surface area contributed by atoms with Crippen LogP contribution in [0.2, 0.25) is 0 Å². The van der Waals surface area contributed by atoms with E-state index in [1.54, 1.807) is 24.3 Å². The third-order valence-electron chi connectivity index (χ3n) is 4.57. The number of carbonyl (C=O) groups is 1. The zero-order chi connectivity index (χ0) is 19.1. The lowest BCUT2D eigenvalue weighted by Crippen LogP contribution is -2.35. The molecule has 0 saturated heterocycles. The zero-order valence-electron chi connectivity index (χ0n) is 14.0. The maximum absolute atomic E-state index is 12.8. The Balaban J connectivity index is 1.66. The number of aromatic nitrogens is 2. The standard InChI is InChI=1S/C18H13BrN4O4/c19-12-2-4-15-14(7-12)18(25)21(10-20-15)9-17(24)22-6-5-11-1-3-13(23(26)27)8-16(11)22/h1-4,7-8,10H,5-6,9H2. The van der Waals surface area contributed by atoms with Crippen molar-refractivity contribution in [1.82, 2.24) is 9.55 Å². The molecule has 27 heavy (non-hydrogen) atoms. The van der Waals surface area contributed by atoms with Gasteiger partial charge in [-0.1, -0.05) is 22.0 Å². The second kappa shape index (κ2) is 6.58. The van der Waals surface area contributed by atoms with E-state index < -0.39 is 4.92 Å². The number of amides is 1. The van der Waals surface area contributed by atoms with Gasteiger partial charge in [0.25, 0.3) is 11.2 Å². The minimum atomic E-state index is -0.489. The third kappa shape index (κ3) is 3.10. The minimum Gasteiger partial charge on any atom is -0.310 e. The van der Waals surface area contributed by atoms with Gasteiger partial charge in [-0.25, -0.2) is 4.98 Å². The van der Waals surface area contributed by atoms with E-state index in [9.17, 15) is 19.7 Å². The lowest BCUT2D eigenvalue weighted by atomic mass is 10.1. The molecule has 8 nitrogen and oxygen atoms in total. The average molecular weight is 429 g/mol. The summed E-state index contributed by atoms with van der Waals surface area (Å²) < 4.78 is 2.01. The summed E-state index contributed by atoms with van der Waals surface area (Å²) in [7, 11) is 0. The van der Waals surface area contributed by atoms with Crippen molar-refractivity contribution in [2.24, 2.45) is 0 Å². The highest BCUT2D eigenvalue weighted by Gasteiger charge is 2.27. The number of fused-ring (bicyclic) bond motifs is 2. The van der Waals surface area contributed by atoms with Crippen LogP contribution in [-0.4, -0.2) is 26.9 Å². The fourth-order valence-electron chi connectivity index (χ4n) is 3.22. The first-order valence-electron chi connectivity index (χ1n) is 8.16. The third-order valence-corrected chi connectivity index (χ3v) is 5.06. The number of nitro groups is 1. The largest absolute Gasteiger partial charge is 0.310 e. The highest BCUT2D eigenvalue weighted by Crippen LogP contribution is 2.31. The fraction of sp³-hybridized carbons (Fsp3) is 0.167. The topological polar surface area (TPSA) is 98.3 Å². The molecular weight excluding hydrogens is 416 g/mol. The quantitative estimate of drug-likeness (QED) is 0.471. The van der Waals surface area contributed by atoms with Crippen molar-refractivity contribution < 1.29 is 9.72 Å². The van der Waals surface area contributed by atoms with Crippen LogP contribution in [0.4, 0.5) is 11.4 Å². The molecule has 1 aromatic heterocycles. The number of rotatable bonds is 3. The summed E-state index contributed by atoms with van der Waals surface area (Å²) in [6.45, 7) is 0.243. The lowest BCUT2D eigenvalue weighted by molar-refractivity contribution is -0.384. The number of hydrogen-bond acceptors (Lipinski definition) is 5. The van der Waals surface area contributed by atoms with Crippen LogP contribution in [0.5, 0.6) is 0 Å². The lowest BCUT2D eigenvalue weighted by Gasteiger charge is -2.18. The van der Waals surface area contributed by atoms with E-state index in [0.29, 0.717) is 29.6 Å². The molecule has 3 aromatic rings. The van der Waals surface area contributed by atoms with Crippen LogP contribution >= 0.6 is 15.9 Å². The van der Waals surface area contributed by atoms with Gasteiger partial charge in [0.1, 0.15) is 6.54 Å². The zero-order valence-corrected chi connectivity index (χ0v) is 15.5. The van der Waals surface area contributed by atoms with Crippen molar-refractivity contribution >= 4 is 44.1 Å². The number of nitrogens with zero attached hydrogens (tertiary/aromatic N) is 4. The maximum atomic E-state index is 12.8. The SMILES string of the molecule is O=C(Cn1cnc2ccc(Br)cc2c1=O)N1CCc2ccc([N+](=O)[O-])cc21. The monoisotopic (exact) mass is 428 g/mol. The summed E-state index contributed by atoms with van der Waals surface area (Å²) in [5.41, 5.74) is 1.57. The van der Waals surface area contributed by atoms with Crippen LogP contribution in [0.3, 0.4) is 0 Å². The van der Waals surface area contributed by atoms with E-state index in [-0.39, 0.29) is 23.7 Å². The molecule has 0 unspecified atom stereocenters. The van der Waals surface area contributed by atoms with Crippen molar-refractivity contribution in [2.75, 3.05) is 11.4 Å². The molecule has 0 radical (unpaired) electrons. The van der Waals surface area contributed by atoms with Crippen LogP contribution in [0.1, 0.15) is 5.56 Å². The molecule has 0 spiro atoms. The molecule has 2 heterocycles. The molecular formula is C18H13BrN4O4. The van der Waals surface area contributed by atoms with E-state index in [1.807, 2.05) is 0 Å². The van der Waals surface area contributed by atoms with E-state index in [0.717, 1.165) is 10.0 Å². The Bertz CT molecular complexity index is 1160. The predicted molar refractivity (Wildman–Crippen MR) is 103 cm³/mol. The van der Waals surface area contributed by atoms with Crippen molar-refractivity contribution in [2.45, 2.75) is 13.0 Å². The second-order valence-corrected chi connectivity index (χ2v) is 7.12. The van der Waals surface area contributed by atoms with Gasteiger partial charge in [0, 0.05) is 23.2 Å². The van der Waals surface area contributed by atoms with E-state index in [2.05, 4.69) is 20.9 Å². The number of hydrogen-bond donors (Lipinski definition) is 0. The Morgan fingerprint density at radius 1 is 1.26 bits per heavy atom. The first-order valence-corrected chi connectivity index (χ1v) is 8.96. The van der Waals surface area contributed by atoms with E-state index >= 15 is 0 Å². The molecule has 0 bridgehead atoms. The molecule has 1 aliphatic rings. The van der Waals surface area contributed by atoms with Crippen molar-refractivity contribution in [1.29, 1.82) is 0 Å². The highest BCUT2D eigenvalue weighted by atomic mass is 79.9. The number of non-ortho nitro benzene ring substituents is 1. The van der Waals surface area contributed by atoms with Crippen LogP contribution in [0, 0.1) is 10.1 Å². The molecule has 1 aliphatic heterocycles. The highest BCUT2D eigenvalue weighted by molar-refractivity contribution is 9.10. The second-order valence-electron chi connectivity index (χ2n) is 6.20. The Morgan fingerprint density at radius 3 is 2.85 bits per heavy atom. The normalized spacial score (nSPS) is 13.0. The van der Waals surface area contributed by atoms with Gasteiger partial charge in [-0.05, 0) is 30.2 Å². The Labute approximate surface area is 161 Å². The Kier molecular flexibility index (Phi) is 4.23. The van der Waals surface area contributed by atoms with Crippen molar-refractivity contribution in [3.8, 4) is 0 Å². The Hall–Kier alpha value is -3.07. The van der Waals surface area contributed by atoms with Crippen molar-refractivity contribution in [3.05, 3.63) is 73.2 Å². The first kappa shape index (κ1) is 17.3. The molecule has 0 atom stereocenters. The number of nitro benzene ring substituents is 1. The smallest absolute Gasteiger partial charge is 0.271 e. The van der Waals surface area contributed by atoms with Gasteiger partial charge in [0.05, 0.1) is 27.8 Å². The minimum absolute atomic E-state index is 0.0668. The van der Waals surface area contributed by atoms with Gasteiger partial charge in [0.15, 0.2) is 0 Å². The van der Waals surface area contributed by atoms with E-state index in [4.69, 9.17) is 0 Å². The molecule has 136 valence electrons. The molecule has 2 aromatic carbocycles. The molecule has 0 aliphatic carbocycles. The summed E-state index contributed by atoms with van der Waals surface area (Å²) in [4.78, 5) is 41.7. The summed E-state index contributed by atoms with van der Waals surface area (Å²) in [5, 5.41) is 11.4.